The van der Waals surface area contributed by atoms with Gasteiger partial charge in [-0.05, 0) is 40.0 Å². The molecule has 0 radical (unpaired) electrons. The van der Waals surface area contributed by atoms with Gasteiger partial charge in [0.05, 0.1) is 0 Å². The van der Waals surface area contributed by atoms with Crippen LogP contribution in [0.15, 0.2) is 0 Å². The molecular weight excluding hydrogens is 194 g/mol. The van der Waals surface area contributed by atoms with E-state index in [0.29, 0.717) is 12.1 Å². The van der Waals surface area contributed by atoms with Crippen molar-refractivity contribution in [3.63, 3.8) is 0 Å². The van der Waals surface area contributed by atoms with Crippen LogP contribution in [-0.4, -0.2) is 53.7 Å². The summed E-state index contributed by atoms with van der Waals surface area (Å²) < 4.78 is 0. The number of hydrogen-bond acceptors (Lipinski definition) is 2. The third-order valence-corrected chi connectivity index (χ3v) is 3.38. The SMILES string of the molecule is CCNC(=S)N1CC(C)N(C)C(C)C1. The highest BCUT2D eigenvalue weighted by atomic mass is 32.1. The van der Waals surface area contributed by atoms with Crippen molar-refractivity contribution >= 4 is 17.3 Å². The summed E-state index contributed by atoms with van der Waals surface area (Å²) in [5.41, 5.74) is 0. The number of nitrogens with one attached hydrogen (secondary N) is 1. The molecule has 2 unspecified atom stereocenters. The van der Waals surface area contributed by atoms with E-state index in [-0.39, 0.29) is 0 Å². The third-order valence-electron chi connectivity index (χ3n) is 2.97. The molecule has 0 bridgehead atoms. The number of rotatable bonds is 1. The molecule has 1 saturated heterocycles. The normalized spacial score (nSPS) is 29.0. The maximum atomic E-state index is 5.31. The molecule has 0 spiro atoms. The highest BCUT2D eigenvalue weighted by Crippen LogP contribution is 2.13. The van der Waals surface area contributed by atoms with Crippen molar-refractivity contribution < 1.29 is 0 Å². The lowest BCUT2D eigenvalue weighted by atomic mass is 10.1. The first-order valence-electron chi connectivity index (χ1n) is 5.31. The molecule has 1 fully saturated rings. The van der Waals surface area contributed by atoms with Crippen LogP contribution in [0.5, 0.6) is 0 Å². The number of likely N-dealkylation sites (N-methyl/N-ethyl adjacent to an activating group) is 1. The van der Waals surface area contributed by atoms with Crippen LogP contribution in [0.25, 0.3) is 0 Å². The second kappa shape index (κ2) is 4.94. The zero-order valence-corrected chi connectivity index (χ0v) is 10.4. The summed E-state index contributed by atoms with van der Waals surface area (Å²) >= 11 is 5.31. The molecule has 3 nitrogen and oxygen atoms in total. The maximum Gasteiger partial charge on any atom is 0.169 e. The fourth-order valence-electron chi connectivity index (χ4n) is 1.83. The van der Waals surface area contributed by atoms with Crippen LogP contribution in [0.2, 0.25) is 0 Å². The van der Waals surface area contributed by atoms with Gasteiger partial charge < -0.3 is 10.2 Å². The summed E-state index contributed by atoms with van der Waals surface area (Å²) in [4.78, 5) is 4.68. The van der Waals surface area contributed by atoms with E-state index in [2.05, 4.69) is 42.9 Å². The first-order valence-corrected chi connectivity index (χ1v) is 5.71. The molecule has 1 N–H and O–H groups in total. The lowest BCUT2D eigenvalue weighted by molar-refractivity contribution is 0.0984. The van der Waals surface area contributed by atoms with E-state index in [1.165, 1.54) is 0 Å². The van der Waals surface area contributed by atoms with Gasteiger partial charge in [0.1, 0.15) is 0 Å². The van der Waals surface area contributed by atoms with Gasteiger partial charge >= 0.3 is 0 Å². The fourth-order valence-corrected chi connectivity index (χ4v) is 2.13. The van der Waals surface area contributed by atoms with Gasteiger partial charge in [0.2, 0.25) is 0 Å². The largest absolute Gasteiger partial charge is 0.363 e. The molecule has 1 rings (SSSR count). The lowest BCUT2D eigenvalue weighted by Crippen LogP contribution is -2.58. The van der Waals surface area contributed by atoms with Crippen LogP contribution < -0.4 is 5.32 Å². The molecule has 4 heteroatoms. The molecule has 0 aromatic heterocycles. The van der Waals surface area contributed by atoms with Gasteiger partial charge in [-0.3, -0.25) is 4.90 Å². The fraction of sp³-hybridized carbons (Fsp3) is 0.900. The van der Waals surface area contributed by atoms with Gasteiger partial charge in [-0.25, -0.2) is 0 Å². The van der Waals surface area contributed by atoms with Crippen molar-refractivity contribution in [2.75, 3.05) is 26.7 Å². The first-order chi connectivity index (χ1) is 6.56. The Morgan fingerprint density at radius 1 is 1.36 bits per heavy atom. The third kappa shape index (κ3) is 2.58. The quantitative estimate of drug-likeness (QED) is 0.655. The number of hydrogen-bond donors (Lipinski definition) is 1. The van der Waals surface area contributed by atoms with Crippen molar-refractivity contribution in [1.29, 1.82) is 0 Å². The summed E-state index contributed by atoms with van der Waals surface area (Å²) in [5, 5.41) is 4.11. The smallest absolute Gasteiger partial charge is 0.169 e. The van der Waals surface area contributed by atoms with Gasteiger partial charge in [-0.15, -0.1) is 0 Å². The van der Waals surface area contributed by atoms with Gasteiger partial charge in [-0.1, -0.05) is 0 Å². The van der Waals surface area contributed by atoms with Crippen LogP contribution in [0.1, 0.15) is 20.8 Å². The van der Waals surface area contributed by atoms with Crippen LogP contribution in [0.4, 0.5) is 0 Å². The molecule has 0 aliphatic carbocycles. The van der Waals surface area contributed by atoms with Crippen LogP contribution in [-0.2, 0) is 0 Å². The molecule has 1 heterocycles. The number of piperazine rings is 1. The topological polar surface area (TPSA) is 18.5 Å². The molecule has 0 saturated carbocycles. The van der Waals surface area contributed by atoms with Crippen LogP contribution >= 0.6 is 12.2 Å². The van der Waals surface area contributed by atoms with E-state index < -0.39 is 0 Å². The average molecular weight is 215 g/mol. The van der Waals surface area contributed by atoms with E-state index in [9.17, 15) is 0 Å². The molecule has 2 atom stereocenters. The molecular formula is C10H21N3S. The highest BCUT2D eigenvalue weighted by molar-refractivity contribution is 7.80. The zero-order chi connectivity index (χ0) is 10.7. The van der Waals surface area contributed by atoms with E-state index in [4.69, 9.17) is 12.2 Å². The van der Waals surface area contributed by atoms with Gasteiger partial charge in [0, 0.05) is 31.7 Å². The summed E-state index contributed by atoms with van der Waals surface area (Å²) in [5.74, 6) is 0. The Bertz CT molecular complexity index is 196. The Balaban J connectivity index is 2.53. The standard InChI is InChI=1S/C10H21N3S/c1-5-11-10(14)13-6-8(2)12(4)9(3)7-13/h8-9H,5-7H2,1-4H3,(H,11,14). The number of thiocarbonyl (C=S) groups is 1. The second-order valence-electron chi connectivity index (χ2n) is 4.10. The molecule has 1 aliphatic rings. The summed E-state index contributed by atoms with van der Waals surface area (Å²) in [7, 11) is 2.18. The lowest BCUT2D eigenvalue weighted by Gasteiger charge is -2.43. The van der Waals surface area contributed by atoms with E-state index in [1.807, 2.05) is 0 Å². The zero-order valence-electron chi connectivity index (χ0n) is 9.58. The van der Waals surface area contributed by atoms with Crippen molar-refractivity contribution in [2.24, 2.45) is 0 Å². The molecule has 82 valence electrons. The molecule has 1 aliphatic heterocycles. The Morgan fingerprint density at radius 2 is 1.86 bits per heavy atom. The maximum absolute atomic E-state index is 5.31. The highest BCUT2D eigenvalue weighted by Gasteiger charge is 2.27. The van der Waals surface area contributed by atoms with Crippen molar-refractivity contribution in [2.45, 2.75) is 32.9 Å². The minimum absolute atomic E-state index is 0.579. The predicted octanol–water partition coefficient (Wildman–Crippen LogP) is 0.905. The van der Waals surface area contributed by atoms with Crippen molar-refractivity contribution in [3.05, 3.63) is 0 Å². The molecule has 0 aromatic rings. The van der Waals surface area contributed by atoms with Crippen LogP contribution in [0, 0.1) is 0 Å². The molecule has 14 heavy (non-hydrogen) atoms. The van der Waals surface area contributed by atoms with Gasteiger partial charge in [0.15, 0.2) is 5.11 Å². The molecule has 0 aromatic carbocycles. The van der Waals surface area contributed by atoms with Gasteiger partial charge in [-0.2, -0.15) is 0 Å². The number of nitrogens with zero attached hydrogens (tertiary/aromatic N) is 2. The molecule has 0 amide bonds. The second-order valence-corrected chi connectivity index (χ2v) is 4.49. The van der Waals surface area contributed by atoms with Gasteiger partial charge in [0.25, 0.3) is 0 Å². The Hall–Kier alpha value is -0.350. The van der Waals surface area contributed by atoms with E-state index in [1.54, 1.807) is 0 Å². The van der Waals surface area contributed by atoms with Crippen molar-refractivity contribution in [3.8, 4) is 0 Å². The van der Waals surface area contributed by atoms with E-state index >= 15 is 0 Å². The predicted molar refractivity (Wildman–Crippen MR) is 64.5 cm³/mol. The summed E-state index contributed by atoms with van der Waals surface area (Å²) in [6.45, 7) is 9.55. The Morgan fingerprint density at radius 3 is 2.29 bits per heavy atom. The summed E-state index contributed by atoms with van der Waals surface area (Å²) in [6, 6.07) is 1.16. The monoisotopic (exact) mass is 215 g/mol. The minimum atomic E-state index is 0.579. The van der Waals surface area contributed by atoms with Crippen molar-refractivity contribution in [1.82, 2.24) is 15.1 Å². The Labute approximate surface area is 92.4 Å². The Kier molecular flexibility index (Phi) is 4.13. The van der Waals surface area contributed by atoms with Crippen LogP contribution in [0.3, 0.4) is 0 Å². The summed E-state index contributed by atoms with van der Waals surface area (Å²) in [6.07, 6.45) is 0. The first kappa shape index (κ1) is 11.7. The van der Waals surface area contributed by atoms with E-state index in [0.717, 1.165) is 24.7 Å². The average Bonchev–Trinajstić information content (AvgIpc) is 2.13. The minimum Gasteiger partial charge on any atom is -0.363 e.